The van der Waals surface area contributed by atoms with Crippen LogP contribution in [0.5, 0.6) is 0 Å². The van der Waals surface area contributed by atoms with Gasteiger partial charge in [0.1, 0.15) is 6.20 Å². The van der Waals surface area contributed by atoms with Crippen LogP contribution in [-0.2, 0) is 4.79 Å². The average Bonchev–Trinajstić information content (AvgIpc) is 2.46. The zero-order valence-corrected chi connectivity index (χ0v) is 11.9. The summed E-state index contributed by atoms with van der Waals surface area (Å²) in [5.41, 5.74) is 5.19. The van der Waals surface area contributed by atoms with Crippen molar-refractivity contribution >= 4 is 23.4 Å². The van der Waals surface area contributed by atoms with Crippen molar-refractivity contribution in [3.63, 3.8) is 0 Å². The molecule has 1 aromatic heterocycles. The molecule has 9 nitrogen and oxygen atoms in total. The second-order valence-corrected chi connectivity index (χ2v) is 5.09. The van der Waals surface area contributed by atoms with E-state index in [0.717, 1.165) is 6.42 Å². The molecule has 3 N–H and O–H groups in total. The number of piperidine rings is 1. The summed E-state index contributed by atoms with van der Waals surface area (Å²) in [5.74, 6) is -0.201. The van der Waals surface area contributed by atoms with Gasteiger partial charge in [-0.1, -0.05) is 0 Å². The van der Waals surface area contributed by atoms with E-state index >= 15 is 0 Å². The molecular weight excluding hydrogens is 276 g/mol. The van der Waals surface area contributed by atoms with E-state index in [9.17, 15) is 14.9 Å². The van der Waals surface area contributed by atoms with Crippen molar-refractivity contribution < 1.29 is 9.72 Å². The van der Waals surface area contributed by atoms with Gasteiger partial charge in [0.05, 0.1) is 10.8 Å². The van der Waals surface area contributed by atoms with Crippen molar-refractivity contribution in [1.82, 2.24) is 9.97 Å². The van der Waals surface area contributed by atoms with Crippen LogP contribution in [0.2, 0.25) is 0 Å². The number of carbonyl (C=O) groups is 1. The molecule has 1 fully saturated rings. The Morgan fingerprint density at radius 3 is 2.86 bits per heavy atom. The standard InChI is InChI=1S/C12H18N6O3/c1-7-3-4-8(10(13)19)6-17(7)11-9(18(20)21)5-15-12(14-2)16-11/h5,7-8H,3-4,6H2,1-2H3,(H2,13,19)(H,14,15,16). The van der Waals surface area contributed by atoms with Crippen LogP contribution >= 0.6 is 0 Å². The Labute approximate surface area is 121 Å². The molecule has 2 rings (SSSR count). The van der Waals surface area contributed by atoms with E-state index in [4.69, 9.17) is 5.73 Å². The molecule has 1 aliphatic rings. The van der Waals surface area contributed by atoms with Gasteiger partial charge in [0, 0.05) is 19.6 Å². The van der Waals surface area contributed by atoms with E-state index in [2.05, 4.69) is 15.3 Å². The SMILES string of the molecule is CNc1ncc([N+](=O)[O-])c(N2CC(C(N)=O)CCC2C)n1. The Hall–Kier alpha value is -2.45. The first-order valence-corrected chi connectivity index (χ1v) is 6.69. The molecule has 114 valence electrons. The maximum absolute atomic E-state index is 11.4. The molecule has 1 amide bonds. The zero-order chi connectivity index (χ0) is 15.6. The third-order valence-corrected chi connectivity index (χ3v) is 3.73. The van der Waals surface area contributed by atoms with Crippen LogP contribution < -0.4 is 16.0 Å². The lowest BCUT2D eigenvalue weighted by molar-refractivity contribution is -0.384. The first-order valence-electron chi connectivity index (χ1n) is 6.69. The third-order valence-electron chi connectivity index (χ3n) is 3.73. The maximum atomic E-state index is 11.4. The molecular formula is C12H18N6O3. The summed E-state index contributed by atoms with van der Waals surface area (Å²) >= 11 is 0. The Kier molecular flexibility index (Phi) is 4.20. The van der Waals surface area contributed by atoms with Gasteiger partial charge in [-0.2, -0.15) is 4.98 Å². The highest BCUT2D eigenvalue weighted by molar-refractivity contribution is 5.78. The van der Waals surface area contributed by atoms with E-state index < -0.39 is 10.8 Å². The van der Waals surface area contributed by atoms with Gasteiger partial charge in [-0.05, 0) is 19.8 Å². The number of hydrogen-bond donors (Lipinski definition) is 2. The van der Waals surface area contributed by atoms with E-state index in [1.54, 1.807) is 11.9 Å². The number of carbonyl (C=O) groups excluding carboxylic acids is 1. The quantitative estimate of drug-likeness (QED) is 0.612. The molecule has 0 spiro atoms. The fraction of sp³-hybridized carbons (Fsp3) is 0.583. The number of nitrogens with two attached hydrogens (primary N) is 1. The van der Waals surface area contributed by atoms with Gasteiger partial charge in [0.15, 0.2) is 0 Å². The Balaban J connectivity index is 2.41. The fourth-order valence-corrected chi connectivity index (χ4v) is 2.46. The topological polar surface area (TPSA) is 127 Å². The van der Waals surface area contributed by atoms with E-state index in [1.807, 2.05) is 6.92 Å². The van der Waals surface area contributed by atoms with Crippen molar-refractivity contribution in [3.05, 3.63) is 16.3 Å². The lowest BCUT2D eigenvalue weighted by atomic mass is 9.93. The van der Waals surface area contributed by atoms with Crippen molar-refractivity contribution in [2.75, 3.05) is 23.8 Å². The molecule has 0 saturated carbocycles. The smallest absolute Gasteiger partial charge is 0.329 e. The van der Waals surface area contributed by atoms with E-state index in [0.29, 0.717) is 18.9 Å². The van der Waals surface area contributed by atoms with E-state index in [-0.39, 0.29) is 23.5 Å². The maximum Gasteiger partial charge on any atom is 0.329 e. The van der Waals surface area contributed by atoms with Crippen molar-refractivity contribution in [1.29, 1.82) is 0 Å². The number of nitro groups is 1. The minimum atomic E-state index is -0.518. The molecule has 1 aromatic rings. The number of primary amides is 1. The monoisotopic (exact) mass is 294 g/mol. The van der Waals surface area contributed by atoms with Crippen LogP contribution in [0.4, 0.5) is 17.5 Å². The largest absolute Gasteiger partial charge is 0.369 e. The van der Waals surface area contributed by atoms with Crippen LogP contribution in [0.1, 0.15) is 19.8 Å². The van der Waals surface area contributed by atoms with E-state index in [1.165, 1.54) is 6.20 Å². The second kappa shape index (κ2) is 5.90. The summed E-state index contributed by atoms with van der Waals surface area (Å²) in [4.78, 5) is 31.9. The summed E-state index contributed by atoms with van der Waals surface area (Å²) in [6.45, 7) is 2.28. The molecule has 2 heterocycles. The fourth-order valence-electron chi connectivity index (χ4n) is 2.46. The molecule has 0 bridgehead atoms. The lowest BCUT2D eigenvalue weighted by Crippen LogP contribution is -2.46. The third kappa shape index (κ3) is 3.01. The van der Waals surface area contributed by atoms with Gasteiger partial charge in [-0.15, -0.1) is 0 Å². The predicted octanol–water partition coefficient (Wildman–Crippen LogP) is 0.517. The number of rotatable bonds is 4. The Morgan fingerprint density at radius 1 is 1.57 bits per heavy atom. The zero-order valence-electron chi connectivity index (χ0n) is 11.9. The number of amides is 1. The van der Waals surface area contributed by atoms with Gasteiger partial charge >= 0.3 is 5.69 Å². The molecule has 1 saturated heterocycles. The highest BCUT2D eigenvalue weighted by atomic mass is 16.6. The molecule has 0 aliphatic carbocycles. The average molecular weight is 294 g/mol. The summed E-state index contributed by atoms with van der Waals surface area (Å²) in [6, 6.07) is 0.0407. The number of aromatic nitrogens is 2. The van der Waals surface area contributed by atoms with Crippen molar-refractivity contribution in [2.24, 2.45) is 11.7 Å². The summed E-state index contributed by atoms with van der Waals surface area (Å²) in [7, 11) is 1.64. The van der Waals surface area contributed by atoms with Crippen LogP contribution in [-0.4, -0.2) is 40.4 Å². The summed E-state index contributed by atoms with van der Waals surface area (Å²) in [6.07, 6.45) is 2.59. The molecule has 0 radical (unpaired) electrons. The highest BCUT2D eigenvalue weighted by Crippen LogP contribution is 2.32. The minimum Gasteiger partial charge on any atom is -0.369 e. The molecule has 1 aliphatic heterocycles. The van der Waals surface area contributed by atoms with Gasteiger partial charge < -0.3 is 16.0 Å². The van der Waals surface area contributed by atoms with Crippen molar-refractivity contribution in [3.8, 4) is 0 Å². The molecule has 9 heteroatoms. The molecule has 2 unspecified atom stereocenters. The lowest BCUT2D eigenvalue weighted by Gasteiger charge is -2.37. The summed E-state index contributed by atoms with van der Waals surface area (Å²) in [5, 5.41) is 13.9. The van der Waals surface area contributed by atoms with Crippen LogP contribution in [0.25, 0.3) is 0 Å². The number of anilines is 2. The Bertz CT molecular complexity index is 564. The summed E-state index contributed by atoms with van der Waals surface area (Å²) < 4.78 is 0. The number of nitrogens with one attached hydrogen (secondary N) is 1. The molecule has 2 atom stereocenters. The van der Waals surface area contributed by atoms with Crippen LogP contribution in [0.3, 0.4) is 0 Å². The Morgan fingerprint density at radius 2 is 2.29 bits per heavy atom. The first-order chi connectivity index (χ1) is 9.93. The van der Waals surface area contributed by atoms with Gasteiger partial charge in [-0.25, -0.2) is 4.98 Å². The number of hydrogen-bond acceptors (Lipinski definition) is 7. The second-order valence-electron chi connectivity index (χ2n) is 5.09. The highest BCUT2D eigenvalue weighted by Gasteiger charge is 2.33. The predicted molar refractivity (Wildman–Crippen MR) is 77.0 cm³/mol. The first kappa shape index (κ1) is 14.9. The normalized spacial score (nSPS) is 21.9. The number of nitrogens with zero attached hydrogens (tertiary/aromatic N) is 4. The molecule has 21 heavy (non-hydrogen) atoms. The van der Waals surface area contributed by atoms with Gasteiger partial charge in [-0.3, -0.25) is 14.9 Å². The van der Waals surface area contributed by atoms with Crippen LogP contribution in [0.15, 0.2) is 6.20 Å². The van der Waals surface area contributed by atoms with Gasteiger partial charge in [0.2, 0.25) is 17.7 Å². The van der Waals surface area contributed by atoms with Crippen LogP contribution in [0, 0.1) is 16.0 Å². The van der Waals surface area contributed by atoms with Gasteiger partial charge in [0.25, 0.3) is 0 Å². The minimum absolute atomic E-state index is 0.0407. The molecule has 0 aromatic carbocycles. The van der Waals surface area contributed by atoms with Crippen molar-refractivity contribution in [2.45, 2.75) is 25.8 Å².